The maximum atomic E-state index is 13.0. The zero-order valence-corrected chi connectivity index (χ0v) is 20.7. The number of hydrogen-bond acceptors (Lipinski definition) is 4. The molecular formula is C25H46N4O2. The van der Waals surface area contributed by atoms with Crippen LogP contribution in [0.4, 0.5) is 0 Å². The number of aromatic nitrogens is 2. The summed E-state index contributed by atoms with van der Waals surface area (Å²) in [6.07, 6.45) is 11.4. The highest BCUT2D eigenvalue weighted by molar-refractivity contribution is 5.76. The lowest BCUT2D eigenvalue weighted by Crippen LogP contribution is -2.43. The van der Waals surface area contributed by atoms with Crippen molar-refractivity contribution in [2.75, 3.05) is 33.9 Å². The maximum Gasteiger partial charge on any atom is 0.222 e. The monoisotopic (exact) mass is 434 g/mol. The van der Waals surface area contributed by atoms with Crippen LogP contribution in [0.1, 0.15) is 95.7 Å². The van der Waals surface area contributed by atoms with Crippen molar-refractivity contribution in [3.05, 3.63) is 17.5 Å². The Kier molecular flexibility index (Phi) is 11.6. The maximum absolute atomic E-state index is 13.0. The van der Waals surface area contributed by atoms with Gasteiger partial charge in [0.15, 0.2) is 0 Å². The average molecular weight is 435 g/mol. The molecule has 0 bridgehead atoms. The van der Waals surface area contributed by atoms with Crippen molar-refractivity contribution in [2.24, 2.45) is 5.92 Å². The quantitative estimate of drug-likeness (QED) is 0.420. The molecule has 1 aromatic rings. The largest absolute Gasteiger partial charge is 0.385 e. The van der Waals surface area contributed by atoms with Gasteiger partial charge in [0.25, 0.3) is 0 Å². The highest BCUT2D eigenvalue weighted by atomic mass is 16.5. The van der Waals surface area contributed by atoms with Gasteiger partial charge in [0, 0.05) is 56.4 Å². The molecule has 1 saturated carbocycles. The van der Waals surface area contributed by atoms with E-state index in [-0.39, 0.29) is 0 Å². The second kappa shape index (κ2) is 13.9. The van der Waals surface area contributed by atoms with Crippen molar-refractivity contribution in [3.63, 3.8) is 0 Å². The highest BCUT2D eigenvalue weighted by Crippen LogP contribution is 2.36. The van der Waals surface area contributed by atoms with Crippen molar-refractivity contribution in [1.29, 1.82) is 0 Å². The first-order valence-corrected chi connectivity index (χ1v) is 12.4. The zero-order valence-electron chi connectivity index (χ0n) is 20.7. The standard InChI is InChI=1S/C25H46N4O2/c1-6-7-15-28(4)19-22-18-26-27-25(22)21-10-12-23(13-11-21)29(16-14-20(2)3)24(30)9-8-17-31-5/h18,20-21,23H,6-17,19H2,1-5H3,(H,26,27). The van der Waals surface area contributed by atoms with Crippen molar-refractivity contribution >= 4 is 5.91 Å². The Labute approximate surface area is 190 Å². The number of carbonyl (C=O) groups excluding carboxylic acids is 1. The van der Waals surface area contributed by atoms with Crippen molar-refractivity contribution in [1.82, 2.24) is 20.0 Å². The van der Waals surface area contributed by atoms with Crippen LogP contribution < -0.4 is 0 Å². The zero-order chi connectivity index (χ0) is 22.6. The first-order valence-electron chi connectivity index (χ1n) is 12.4. The molecule has 0 spiro atoms. The van der Waals surface area contributed by atoms with Crippen molar-refractivity contribution in [2.45, 2.75) is 97.1 Å². The van der Waals surface area contributed by atoms with E-state index in [1.165, 1.54) is 24.1 Å². The average Bonchev–Trinajstić information content (AvgIpc) is 3.20. The van der Waals surface area contributed by atoms with Crippen LogP contribution in [0.15, 0.2) is 6.20 Å². The minimum atomic E-state index is 0.306. The molecule has 1 fully saturated rings. The van der Waals surface area contributed by atoms with Crippen LogP contribution in [0.5, 0.6) is 0 Å². The Hall–Kier alpha value is -1.40. The molecule has 6 nitrogen and oxygen atoms in total. The third-order valence-electron chi connectivity index (χ3n) is 6.64. The molecule has 0 saturated heterocycles. The van der Waals surface area contributed by atoms with Gasteiger partial charge in [-0.25, -0.2) is 0 Å². The van der Waals surface area contributed by atoms with Crippen LogP contribution in [0.25, 0.3) is 0 Å². The van der Waals surface area contributed by atoms with E-state index >= 15 is 0 Å². The minimum Gasteiger partial charge on any atom is -0.385 e. The summed E-state index contributed by atoms with van der Waals surface area (Å²) < 4.78 is 5.15. The summed E-state index contributed by atoms with van der Waals surface area (Å²) >= 11 is 0. The number of H-pyrrole nitrogens is 1. The van der Waals surface area contributed by atoms with Crippen LogP contribution >= 0.6 is 0 Å². The summed E-state index contributed by atoms with van der Waals surface area (Å²) in [4.78, 5) is 17.5. The third-order valence-corrected chi connectivity index (χ3v) is 6.64. The Balaban J connectivity index is 1.94. The van der Waals surface area contributed by atoms with Gasteiger partial charge in [-0.2, -0.15) is 5.10 Å². The summed E-state index contributed by atoms with van der Waals surface area (Å²) in [5.41, 5.74) is 2.66. The second-order valence-electron chi connectivity index (χ2n) is 9.77. The number of hydrogen-bond donors (Lipinski definition) is 1. The fourth-order valence-corrected chi connectivity index (χ4v) is 4.69. The smallest absolute Gasteiger partial charge is 0.222 e. The Morgan fingerprint density at radius 2 is 1.97 bits per heavy atom. The van der Waals surface area contributed by atoms with Crippen molar-refractivity contribution in [3.8, 4) is 0 Å². The highest BCUT2D eigenvalue weighted by Gasteiger charge is 2.30. The van der Waals surface area contributed by atoms with Gasteiger partial charge in [0.05, 0.1) is 6.20 Å². The van der Waals surface area contributed by atoms with Gasteiger partial charge in [-0.3, -0.25) is 9.89 Å². The van der Waals surface area contributed by atoms with E-state index in [1.54, 1.807) is 7.11 Å². The SMILES string of the molecule is CCCCN(C)Cc1cn[nH]c1C1CCC(N(CCC(C)C)C(=O)CCCOC)CC1. The van der Waals surface area contributed by atoms with Gasteiger partial charge >= 0.3 is 0 Å². The van der Waals surface area contributed by atoms with E-state index in [9.17, 15) is 4.79 Å². The van der Waals surface area contributed by atoms with E-state index in [0.29, 0.717) is 36.8 Å². The van der Waals surface area contributed by atoms with E-state index in [1.807, 2.05) is 6.20 Å². The molecule has 1 N–H and O–H groups in total. The van der Waals surface area contributed by atoms with Crippen LogP contribution in [0.3, 0.4) is 0 Å². The predicted octanol–water partition coefficient (Wildman–Crippen LogP) is 4.97. The van der Waals surface area contributed by atoms with Gasteiger partial charge in [0.2, 0.25) is 5.91 Å². The molecule has 2 rings (SSSR count). The van der Waals surface area contributed by atoms with Gasteiger partial charge in [-0.1, -0.05) is 27.2 Å². The number of amides is 1. The lowest BCUT2D eigenvalue weighted by Gasteiger charge is -2.37. The third kappa shape index (κ3) is 8.57. The topological polar surface area (TPSA) is 61.5 Å². The molecule has 1 aliphatic rings. The summed E-state index contributed by atoms with van der Waals surface area (Å²) in [6.45, 7) is 10.3. The summed E-state index contributed by atoms with van der Waals surface area (Å²) in [5.74, 6) is 1.45. The van der Waals surface area contributed by atoms with Gasteiger partial charge in [-0.15, -0.1) is 0 Å². The molecule has 1 aromatic heterocycles. The van der Waals surface area contributed by atoms with Gasteiger partial charge in [-0.05, 0) is 64.5 Å². The van der Waals surface area contributed by atoms with Crippen LogP contribution in [-0.4, -0.2) is 65.8 Å². The normalized spacial score (nSPS) is 19.3. The van der Waals surface area contributed by atoms with Gasteiger partial charge < -0.3 is 14.5 Å². The molecular weight excluding hydrogens is 388 g/mol. The van der Waals surface area contributed by atoms with E-state index in [4.69, 9.17) is 4.74 Å². The second-order valence-corrected chi connectivity index (χ2v) is 9.77. The summed E-state index contributed by atoms with van der Waals surface area (Å²) in [7, 11) is 3.90. The Morgan fingerprint density at radius 3 is 2.61 bits per heavy atom. The molecule has 0 unspecified atom stereocenters. The Morgan fingerprint density at radius 1 is 1.23 bits per heavy atom. The minimum absolute atomic E-state index is 0.306. The molecule has 0 aliphatic heterocycles. The fourth-order valence-electron chi connectivity index (χ4n) is 4.69. The van der Waals surface area contributed by atoms with E-state index in [2.05, 4.69) is 47.8 Å². The molecule has 6 heteroatoms. The summed E-state index contributed by atoms with van der Waals surface area (Å²) in [6, 6.07) is 0.378. The van der Waals surface area contributed by atoms with Gasteiger partial charge in [0.1, 0.15) is 0 Å². The van der Waals surface area contributed by atoms with Crippen LogP contribution in [0.2, 0.25) is 0 Å². The first kappa shape index (κ1) is 25.9. The molecule has 0 atom stereocenters. The Bertz CT molecular complexity index is 623. The number of nitrogens with zero attached hydrogens (tertiary/aromatic N) is 3. The lowest BCUT2D eigenvalue weighted by molar-refractivity contribution is -0.134. The van der Waals surface area contributed by atoms with Crippen LogP contribution in [0, 0.1) is 5.92 Å². The number of rotatable bonds is 14. The summed E-state index contributed by atoms with van der Waals surface area (Å²) in [5, 5.41) is 7.68. The number of unbranched alkanes of at least 4 members (excludes halogenated alkanes) is 1. The predicted molar refractivity (Wildman–Crippen MR) is 127 cm³/mol. The number of carbonyl (C=O) groups is 1. The molecule has 0 aromatic carbocycles. The van der Waals surface area contributed by atoms with Crippen LogP contribution in [-0.2, 0) is 16.1 Å². The molecule has 1 heterocycles. The molecule has 0 radical (unpaired) electrons. The first-order chi connectivity index (χ1) is 15.0. The molecule has 31 heavy (non-hydrogen) atoms. The number of ether oxygens (including phenoxy) is 1. The molecule has 178 valence electrons. The lowest BCUT2D eigenvalue weighted by atomic mass is 9.82. The van der Waals surface area contributed by atoms with Crippen molar-refractivity contribution < 1.29 is 9.53 Å². The molecule has 1 aliphatic carbocycles. The molecule has 1 amide bonds. The number of methoxy groups -OCH3 is 1. The van der Waals surface area contributed by atoms with E-state index in [0.717, 1.165) is 58.2 Å². The fraction of sp³-hybridized carbons (Fsp3) is 0.840. The van der Waals surface area contributed by atoms with E-state index < -0.39 is 0 Å². The number of nitrogens with one attached hydrogen (secondary N) is 1. The number of aromatic amines is 1.